The monoisotopic (exact) mass is 327 g/mol. The largest absolute Gasteiger partial charge is 0.491 e. The molecule has 1 heterocycles. The molecule has 0 aliphatic carbocycles. The number of benzene rings is 1. The van der Waals surface area contributed by atoms with E-state index in [1.807, 2.05) is 0 Å². The smallest absolute Gasteiger partial charge is 0.340 e. The van der Waals surface area contributed by atoms with Crippen LogP contribution in [0.4, 0.5) is 0 Å². The first kappa shape index (κ1) is 14.3. The third-order valence-corrected chi connectivity index (χ3v) is 3.96. The van der Waals surface area contributed by atoms with Gasteiger partial charge in [-0.25, -0.2) is 4.79 Å². The second-order valence-corrected chi connectivity index (χ2v) is 5.52. The zero-order valence-corrected chi connectivity index (χ0v) is 12.4. The average Bonchev–Trinajstić information content (AvgIpc) is 2.39. The van der Waals surface area contributed by atoms with E-state index < -0.39 is 5.97 Å². The molecule has 1 aliphatic rings. The number of piperidine rings is 1. The number of carboxylic acid groups (broad SMARTS) is 1. The first-order chi connectivity index (χ1) is 9.18. The zero-order chi connectivity index (χ0) is 13.7. The van der Waals surface area contributed by atoms with Crippen LogP contribution in [-0.4, -0.2) is 42.2 Å². The van der Waals surface area contributed by atoms with Crippen LogP contribution >= 0.6 is 15.9 Å². The Kier molecular flexibility index (Phi) is 5.22. The van der Waals surface area contributed by atoms with E-state index in [-0.39, 0.29) is 5.56 Å². The molecule has 0 spiro atoms. The number of nitrogens with zero attached hydrogens (tertiary/aromatic N) is 1. The maximum Gasteiger partial charge on any atom is 0.340 e. The molecular weight excluding hydrogens is 310 g/mol. The molecule has 0 radical (unpaired) electrons. The van der Waals surface area contributed by atoms with E-state index in [9.17, 15) is 9.90 Å². The molecule has 5 heteroatoms. The van der Waals surface area contributed by atoms with Crippen LogP contribution in [0.2, 0.25) is 0 Å². The second kappa shape index (κ2) is 6.91. The minimum atomic E-state index is -0.972. The molecule has 1 aromatic rings. The molecule has 0 saturated carbocycles. The number of carbonyl (C=O) groups is 1. The van der Waals surface area contributed by atoms with E-state index in [1.165, 1.54) is 19.3 Å². The lowest BCUT2D eigenvalue weighted by Crippen LogP contribution is -2.33. The van der Waals surface area contributed by atoms with Crippen molar-refractivity contribution in [3.63, 3.8) is 0 Å². The molecule has 1 aromatic carbocycles. The predicted molar refractivity (Wildman–Crippen MR) is 76.9 cm³/mol. The van der Waals surface area contributed by atoms with Gasteiger partial charge in [-0.3, -0.25) is 4.90 Å². The van der Waals surface area contributed by atoms with Gasteiger partial charge in [0.15, 0.2) is 0 Å². The minimum Gasteiger partial charge on any atom is -0.491 e. The number of carboxylic acids is 1. The normalized spacial score (nSPS) is 16.3. The molecule has 1 aliphatic heterocycles. The molecule has 0 bridgehead atoms. The van der Waals surface area contributed by atoms with E-state index in [1.54, 1.807) is 18.2 Å². The van der Waals surface area contributed by atoms with Crippen molar-refractivity contribution in [2.75, 3.05) is 26.2 Å². The van der Waals surface area contributed by atoms with Gasteiger partial charge in [-0.15, -0.1) is 0 Å². The van der Waals surface area contributed by atoms with E-state index in [2.05, 4.69) is 20.8 Å². The lowest BCUT2D eigenvalue weighted by Gasteiger charge is -2.26. The van der Waals surface area contributed by atoms with E-state index in [0.717, 1.165) is 19.6 Å². The Morgan fingerprint density at radius 2 is 2.05 bits per heavy atom. The highest BCUT2D eigenvalue weighted by molar-refractivity contribution is 9.10. The summed E-state index contributed by atoms with van der Waals surface area (Å²) in [6.45, 7) is 3.61. The number of likely N-dealkylation sites (tertiary alicyclic amines) is 1. The Bertz CT molecular complexity index is 444. The number of aromatic carboxylic acids is 1. The van der Waals surface area contributed by atoms with Gasteiger partial charge in [0.25, 0.3) is 0 Å². The summed E-state index contributed by atoms with van der Waals surface area (Å²) in [6, 6.07) is 5.19. The molecular formula is C14H18BrNO3. The highest BCUT2D eigenvalue weighted by Gasteiger charge is 2.16. The maximum absolute atomic E-state index is 11.2. The van der Waals surface area contributed by atoms with E-state index in [4.69, 9.17) is 4.74 Å². The standard InChI is InChI=1S/C14H18BrNO3/c15-11-5-4-6-12(13(11)14(17)18)19-10-9-16-7-2-1-3-8-16/h4-6H,1-3,7-10H2,(H,17,18). The van der Waals surface area contributed by atoms with Crippen LogP contribution in [0.3, 0.4) is 0 Å². The quantitative estimate of drug-likeness (QED) is 0.903. The van der Waals surface area contributed by atoms with Crippen LogP contribution in [0.1, 0.15) is 29.6 Å². The molecule has 1 saturated heterocycles. The first-order valence-electron chi connectivity index (χ1n) is 6.55. The SMILES string of the molecule is O=C(O)c1c(Br)cccc1OCCN1CCCCC1. The Morgan fingerprint density at radius 3 is 2.74 bits per heavy atom. The first-order valence-corrected chi connectivity index (χ1v) is 7.35. The zero-order valence-electron chi connectivity index (χ0n) is 10.8. The van der Waals surface area contributed by atoms with Crippen LogP contribution < -0.4 is 4.74 Å². The van der Waals surface area contributed by atoms with Crippen molar-refractivity contribution in [1.29, 1.82) is 0 Å². The molecule has 104 valence electrons. The number of hydrogen-bond acceptors (Lipinski definition) is 3. The van der Waals surface area contributed by atoms with Gasteiger partial charge in [0, 0.05) is 11.0 Å². The lowest BCUT2D eigenvalue weighted by atomic mass is 10.1. The van der Waals surface area contributed by atoms with Gasteiger partial charge in [-0.05, 0) is 54.0 Å². The topological polar surface area (TPSA) is 49.8 Å². The summed E-state index contributed by atoms with van der Waals surface area (Å²) >= 11 is 3.24. The van der Waals surface area contributed by atoms with Crippen molar-refractivity contribution in [3.8, 4) is 5.75 Å². The van der Waals surface area contributed by atoms with Gasteiger partial charge < -0.3 is 9.84 Å². The third-order valence-electron chi connectivity index (χ3n) is 3.30. The Morgan fingerprint density at radius 1 is 1.32 bits per heavy atom. The van der Waals surface area contributed by atoms with Crippen LogP contribution in [0.25, 0.3) is 0 Å². The fraction of sp³-hybridized carbons (Fsp3) is 0.500. The number of rotatable bonds is 5. The van der Waals surface area contributed by atoms with Crippen molar-refractivity contribution in [2.24, 2.45) is 0 Å². The number of ether oxygens (including phenoxy) is 1. The molecule has 2 rings (SSSR count). The lowest BCUT2D eigenvalue weighted by molar-refractivity contribution is 0.0690. The molecule has 0 atom stereocenters. The predicted octanol–water partition coefficient (Wildman–Crippen LogP) is 3.01. The fourth-order valence-corrected chi connectivity index (χ4v) is 2.82. The van der Waals surface area contributed by atoms with E-state index >= 15 is 0 Å². The molecule has 0 unspecified atom stereocenters. The van der Waals surface area contributed by atoms with E-state index in [0.29, 0.717) is 16.8 Å². The van der Waals surface area contributed by atoms with Gasteiger partial charge in [0.05, 0.1) is 0 Å². The summed E-state index contributed by atoms with van der Waals surface area (Å²) in [5, 5.41) is 9.17. The molecule has 1 N–H and O–H groups in total. The van der Waals surface area contributed by atoms with Crippen LogP contribution in [0.15, 0.2) is 22.7 Å². The minimum absolute atomic E-state index is 0.196. The Hall–Kier alpha value is -1.07. The van der Waals surface area contributed by atoms with Crippen LogP contribution in [0.5, 0.6) is 5.75 Å². The molecule has 0 amide bonds. The molecule has 19 heavy (non-hydrogen) atoms. The maximum atomic E-state index is 11.2. The van der Waals surface area contributed by atoms with Gasteiger partial charge in [0.1, 0.15) is 17.9 Å². The number of hydrogen-bond donors (Lipinski definition) is 1. The van der Waals surface area contributed by atoms with Gasteiger partial charge >= 0.3 is 5.97 Å². The molecule has 0 aromatic heterocycles. The summed E-state index contributed by atoms with van der Waals surface area (Å²) in [5.41, 5.74) is 0.196. The summed E-state index contributed by atoms with van der Waals surface area (Å²) in [7, 11) is 0. The molecule has 1 fully saturated rings. The second-order valence-electron chi connectivity index (χ2n) is 4.67. The van der Waals surface area contributed by atoms with Crippen LogP contribution in [-0.2, 0) is 0 Å². The molecule has 4 nitrogen and oxygen atoms in total. The highest BCUT2D eigenvalue weighted by atomic mass is 79.9. The van der Waals surface area contributed by atoms with Crippen molar-refractivity contribution >= 4 is 21.9 Å². The average molecular weight is 328 g/mol. The summed E-state index contributed by atoms with van der Waals surface area (Å²) in [6.07, 6.45) is 3.81. The van der Waals surface area contributed by atoms with Crippen molar-refractivity contribution in [2.45, 2.75) is 19.3 Å². The summed E-state index contributed by atoms with van der Waals surface area (Å²) < 4.78 is 6.18. The van der Waals surface area contributed by atoms with Gasteiger partial charge in [-0.1, -0.05) is 12.5 Å². The number of halogens is 1. The Balaban J connectivity index is 1.92. The van der Waals surface area contributed by atoms with Gasteiger partial charge in [-0.2, -0.15) is 0 Å². The highest BCUT2D eigenvalue weighted by Crippen LogP contribution is 2.26. The van der Waals surface area contributed by atoms with Crippen LogP contribution in [0, 0.1) is 0 Å². The van der Waals surface area contributed by atoms with Crippen molar-refractivity contribution in [3.05, 3.63) is 28.2 Å². The van der Waals surface area contributed by atoms with Crippen molar-refractivity contribution in [1.82, 2.24) is 4.90 Å². The van der Waals surface area contributed by atoms with Crippen molar-refractivity contribution < 1.29 is 14.6 Å². The Labute approximate surface area is 121 Å². The summed E-state index contributed by atoms with van der Waals surface area (Å²) in [4.78, 5) is 13.6. The third kappa shape index (κ3) is 3.94. The summed E-state index contributed by atoms with van der Waals surface area (Å²) in [5.74, 6) is -0.542. The van der Waals surface area contributed by atoms with Gasteiger partial charge in [0.2, 0.25) is 0 Å². The fourth-order valence-electron chi connectivity index (χ4n) is 2.30.